The molecule has 0 aliphatic heterocycles. The molecule has 0 spiro atoms. The Kier molecular flexibility index (Phi) is 6.68. The van der Waals surface area contributed by atoms with Gasteiger partial charge in [-0.2, -0.15) is 0 Å². The highest BCUT2D eigenvalue weighted by Gasteiger charge is 2.16. The minimum Gasteiger partial charge on any atom is -0.456 e. The van der Waals surface area contributed by atoms with Crippen LogP contribution in [-0.2, 0) is 20.7 Å². The van der Waals surface area contributed by atoms with E-state index in [2.05, 4.69) is 15.6 Å². The number of benzene rings is 1. The SMILES string of the molecule is CC(C)(C)NC(=O)NC(=O)COC(=O)CCCc1nc2ccccc2s1. The van der Waals surface area contributed by atoms with Crippen molar-refractivity contribution in [2.75, 3.05) is 6.61 Å². The van der Waals surface area contributed by atoms with Gasteiger partial charge in [0.15, 0.2) is 6.61 Å². The van der Waals surface area contributed by atoms with Crippen LogP contribution in [0.1, 0.15) is 38.6 Å². The van der Waals surface area contributed by atoms with Crippen LogP contribution < -0.4 is 10.6 Å². The molecular formula is C18H23N3O4S. The van der Waals surface area contributed by atoms with Gasteiger partial charge in [0.25, 0.3) is 5.91 Å². The maximum Gasteiger partial charge on any atom is 0.321 e. The number of nitrogens with zero attached hydrogens (tertiary/aromatic N) is 1. The lowest BCUT2D eigenvalue weighted by Crippen LogP contribution is -2.49. The molecular weight excluding hydrogens is 354 g/mol. The topological polar surface area (TPSA) is 97.4 Å². The number of carbonyl (C=O) groups excluding carboxylic acids is 3. The Balaban J connectivity index is 1.65. The van der Waals surface area contributed by atoms with Gasteiger partial charge in [-0.25, -0.2) is 9.78 Å². The number of nitrogens with one attached hydrogen (secondary N) is 2. The summed E-state index contributed by atoms with van der Waals surface area (Å²) in [5.74, 6) is -1.14. The van der Waals surface area contributed by atoms with E-state index < -0.39 is 30.1 Å². The molecule has 3 amide bonds. The number of thiazole rings is 1. The van der Waals surface area contributed by atoms with Crippen LogP contribution in [0.25, 0.3) is 10.2 Å². The maximum absolute atomic E-state index is 11.7. The largest absolute Gasteiger partial charge is 0.456 e. The predicted molar refractivity (Wildman–Crippen MR) is 99.9 cm³/mol. The van der Waals surface area contributed by atoms with Gasteiger partial charge in [-0.3, -0.25) is 14.9 Å². The van der Waals surface area contributed by atoms with Gasteiger partial charge in [-0.05, 0) is 45.7 Å². The first kappa shape index (κ1) is 19.8. The van der Waals surface area contributed by atoms with Crippen molar-refractivity contribution in [1.29, 1.82) is 0 Å². The zero-order valence-corrected chi connectivity index (χ0v) is 15.9. The third-order valence-electron chi connectivity index (χ3n) is 3.22. The zero-order valence-electron chi connectivity index (χ0n) is 15.1. The Bertz CT molecular complexity index is 762. The summed E-state index contributed by atoms with van der Waals surface area (Å²) < 4.78 is 6.00. The summed E-state index contributed by atoms with van der Waals surface area (Å²) in [6.45, 7) is 4.91. The molecule has 0 saturated carbocycles. The normalized spacial score (nSPS) is 11.2. The van der Waals surface area contributed by atoms with E-state index in [9.17, 15) is 14.4 Å². The summed E-state index contributed by atoms with van der Waals surface area (Å²) in [5.41, 5.74) is 0.502. The average molecular weight is 377 g/mol. The molecule has 0 aliphatic carbocycles. The number of hydrogen-bond acceptors (Lipinski definition) is 6. The Hall–Kier alpha value is -2.48. The highest BCUT2D eigenvalue weighted by Crippen LogP contribution is 2.22. The molecule has 0 unspecified atom stereocenters. The average Bonchev–Trinajstić information content (AvgIpc) is 2.93. The minimum absolute atomic E-state index is 0.192. The number of rotatable bonds is 6. The Morgan fingerprint density at radius 3 is 2.62 bits per heavy atom. The molecule has 0 bridgehead atoms. The van der Waals surface area contributed by atoms with Crippen LogP contribution in [0.2, 0.25) is 0 Å². The second-order valence-electron chi connectivity index (χ2n) is 6.84. The number of para-hydroxylation sites is 1. The van der Waals surface area contributed by atoms with Crippen LogP contribution in [-0.4, -0.2) is 35.0 Å². The Morgan fingerprint density at radius 1 is 1.19 bits per heavy atom. The Morgan fingerprint density at radius 2 is 1.92 bits per heavy atom. The molecule has 26 heavy (non-hydrogen) atoms. The van der Waals surface area contributed by atoms with Crippen molar-refractivity contribution in [3.8, 4) is 0 Å². The van der Waals surface area contributed by atoms with Crippen LogP contribution >= 0.6 is 11.3 Å². The monoisotopic (exact) mass is 377 g/mol. The molecule has 140 valence electrons. The third kappa shape index (κ3) is 6.79. The maximum atomic E-state index is 11.7. The summed E-state index contributed by atoms with van der Waals surface area (Å²) in [5, 5.41) is 5.67. The van der Waals surface area contributed by atoms with Crippen LogP contribution in [0, 0.1) is 0 Å². The number of imide groups is 1. The number of carbonyl (C=O) groups is 3. The number of ether oxygens (including phenoxy) is 1. The van der Waals surface area contributed by atoms with E-state index in [0.717, 1.165) is 15.2 Å². The van der Waals surface area contributed by atoms with Crippen molar-refractivity contribution in [2.24, 2.45) is 0 Å². The van der Waals surface area contributed by atoms with Crippen molar-refractivity contribution < 1.29 is 19.1 Å². The number of fused-ring (bicyclic) bond motifs is 1. The summed E-state index contributed by atoms with van der Waals surface area (Å²) >= 11 is 1.61. The predicted octanol–water partition coefficient (Wildman–Crippen LogP) is 2.79. The van der Waals surface area contributed by atoms with Crippen LogP contribution in [0.4, 0.5) is 4.79 Å². The van der Waals surface area contributed by atoms with E-state index in [1.165, 1.54) is 0 Å². The van der Waals surface area contributed by atoms with Crippen LogP contribution in [0.3, 0.4) is 0 Å². The molecule has 1 aromatic carbocycles. The molecule has 0 saturated heterocycles. The van der Waals surface area contributed by atoms with E-state index in [4.69, 9.17) is 4.74 Å². The van der Waals surface area contributed by atoms with Crippen LogP contribution in [0.5, 0.6) is 0 Å². The second kappa shape index (κ2) is 8.75. The molecule has 1 aromatic heterocycles. The second-order valence-corrected chi connectivity index (χ2v) is 7.96. The van der Waals surface area contributed by atoms with Gasteiger partial charge >= 0.3 is 12.0 Å². The van der Waals surface area contributed by atoms with Crippen molar-refractivity contribution in [3.05, 3.63) is 29.3 Å². The summed E-state index contributed by atoms with van der Waals surface area (Å²) in [6.07, 6.45) is 1.46. The fourth-order valence-electron chi connectivity index (χ4n) is 2.16. The van der Waals surface area contributed by atoms with Crippen LogP contribution in [0.15, 0.2) is 24.3 Å². The smallest absolute Gasteiger partial charge is 0.321 e. The summed E-state index contributed by atoms with van der Waals surface area (Å²) in [6, 6.07) is 7.26. The Labute approximate surface area is 156 Å². The van der Waals surface area contributed by atoms with Gasteiger partial charge in [0.05, 0.1) is 15.2 Å². The molecule has 2 N–H and O–H groups in total. The quantitative estimate of drug-likeness (QED) is 0.755. The van der Waals surface area contributed by atoms with Crippen molar-refractivity contribution >= 4 is 39.5 Å². The van der Waals surface area contributed by atoms with Gasteiger partial charge in [0.1, 0.15) is 0 Å². The molecule has 2 aromatic rings. The van der Waals surface area contributed by atoms with Crippen molar-refractivity contribution in [3.63, 3.8) is 0 Å². The molecule has 8 heteroatoms. The first-order valence-corrected chi connectivity index (χ1v) is 9.17. The van der Waals surface area contributed by atoms with Gasteiger partial charge in [0, 0.05) is 12.0 Å². The van der Waals surface area contributed by atoms with Gasteiger partial charge in [-0.15, -0.1) is 11.3 Å². The minimum atomic E-state index is -0.661. The third-order valence-corrected chi connectivity index (χ3v) is 4.31. The first-order valence-electron chi connectivity index (χ1n) is 8.35. The standard InChI is InChI=1S/C18H23N3O4S/c1-18(2,3)21-17(24)20-14(22)11-25-16(23)10-6-9-15-19-12-7-4-5-8-13(12)26-15/h4-5,7-8H,6,9-11H2,1-3H3,(H2,20,21,22,24). The highest BCUT2D eigenvalue weighted by molar-refractivity contribution is 7.18. The highest BCUT2D eigenvalue weighted by atomic mass is 32.1. The molecule has 1 heterocycles. The molecule has 0 radical (unpaired) electrons. The van der Waals surface area contributed by atoms with Gasteiger partial charge in [-0.1, -0.05) is 12.1 Å². The van der Waals surface area contributed by atoms with Gasteiger partial charge in [0.2, 0.25) is 0 Å². The lowest BCUT2D eigenvalue weighted by Gasteiger charge is -2.20. The van der Waals surface area contributed by atoms with E-state index in [1.807, 2.05) is 24.3 Å². The number of aryl methyl sites for hydroxylation is 1. The van der Waals surface area contributed by atoms with E-state index in [0.29, 0.717) is 12.8 Å². The van der Waals surface area contributed by atoms with Crippen molar-refractivity contribution in [1.82, 2.24) is 15.6 Å². The van der Waals surface area contributed by atoms with E-state index >= 15 is 0 Å². The molecule has 0 fully saturated rings. The summed E-state index contributed by atoms with van der Waals surface area (Å²) in [7, 11) is 0. The molecule has 0 atom stereocenters. The lowest BCUT2D eigenvalue weighted by molar-refractivity contribution is -0.148. The number of esters is 1. The number of hydrogen-bond donors (Lipinski definition) is 2. The van der Waals surface area contributed by atoms with Gasteiger partial charge < -0.3 is 10.1 Å². The fraction of sp³-hybridized carbons (Fsp3) is 0.444. The molecule has 2 rings (SSSR count). The fourth-order valence-corrected chi connectivity index (χ4v) is 3.17. The number of aromatic nitrogens is 1. The zero-order chi connectivity index (χ0) is 19.2. The van der Waals surface area contributed by atoms with E-state index in [1.54, 1.807) is 32.1 Å². The molecule has 0 aliphatic rings. The number of urea groups is 1. The molecule has 7 nitrogen and oxygen atoms in total. The lowest BCUT2D eigenvalue weighted by atomic mass is 10.1. The number of amides is 3. The first-order chi connectivity index (χ1) is 12.2. The summed E-state index contributed by atoms with van der Waals surface area (Å²) in [4.78, 5) is 39.3. The van der Waals surface area contributed by atoms with Crippen molar-refractivity contribution in [2.45, 2.75) is 45.6 Å². The van der Waals surface area contributed by atoms with E-state index in [-0.39, 0.29) is 6.42 Å².